The van der Waals surface area contributed by atoms with Crippen LogP contribution >= 0.6 is 22.9 Å². The van der Waals surface area contributed by atoms with E-state index in [1.54, 1.807) is 18.8 Å². The molecule has 0 amide bonds. The third-order valence-electron chi connectivity index (χ3n) is 1.95. The molecule has 0 saturated heterocycles. The molecule has 5 nitrogen and oxygen atoms in total. The monoisotopic (exact) mass is 259 g/mol. The molecule has 2 aromatic rings. The largest absolute Gasteiger partial charge is 0.458 e. The average Bonchev–Trinajstić information content (AvgIpc) is 2.83. The first-order valence-corrected chi connectivity index (χ1v) is 5.74. The number of thiophene rings is 1. The van der Waals surface area contributed by atoms with E-state index in [-0.39, 0.29) is 6.79 Å². The molecule has 0 unspecified atom stereocenters. The van der Waals surface area contributed by atoms with Gasteiger partial charge < -0.3 is 9.47 Å². The van der Waals surface area contributed by atoms with Gasteiger partial charge >= 0.3 is 0 Å². The summed E-state index contributed by atoms with van der Waals surface area (Å²) in [6, 6.07) is 1.88. The Morgan fingerprint density at radius 1 is 1.56 bits per heavy atom. The molecule has 0 aliphatic rings. The molecule has 0 aromatic carbocycles. The van der Waals surface area contributed by atoms with E-state index in [1.165, 1.54) is 11.3 Å². The third-order valence-corrected chi connectivity index (χ3v) is 3.05. The predicted octanol–water partition coefficient (Wildman–Crippen LogP) is 2.18. The lowest BCUT2D eigenvalue weighted by Gasteiger charge is -1.99. The van der Waals surface area contributed by atoms with E-state index >= 15 is 0 Å². The Hall–Kier alpha value is -1.11. The first-order valence-electron chi connectivity index (χ1n) is 4.48. The van der Waals surface area contributed by atoms with E-state index in [0.29, 0.717) is 5.15 Å². The molecule has 86 valence electrons. The van der Waals surface area contributed by atoms with Crippen molar-refractivity contribution < 1.29 is 9.47 Å². The molecule has 2 aromatic heterocycles. The van der Waals surface area contributed by atoms with Crippen molar-refractivity contribution in [2.45, 2.75) is 0 Å². The molecule has 0 aliphatic carbocycles. The number of ether oxygens (including phenoxy) is 2. The molecule has 0 saturated carbocycles. The van der Waals surface area contributed by atoms with Crippen LogP contribution in [0.3, 0.4) is 0 Å². The Bertz CT molecular complexity index is 463. The number of hydrogen-bond acceptors (Lipinski definition) is 5. The van der Waals surface area contributed by atoms with E-state index in [1.807, 2.05) is 11.4 Å². The SMILES string of the molecule is COCOc1cc(-c2c(Cl)nnn2C)cs1. The molecule has 0 spiro atoms. The molecule has 0 radical (unpaired) electrons. The van der Waals surface area contributed by atoms with Gasteiger partial charge in [0.05, 0.1) is 0 Å². The minimum Gasteiger partial charge on any atom is -0.458 e. The van der Waals surface area contributed by atoms with Crippen LogP contribution in [-0.2, 0) is 11.8 Å². The summed E-state index contributed by atoms with van der Waals surface area (Å²) in [7, 11) is 3.37. The van der Waals surface area contributed by atoms with Gasteiger partial charge in [-0.15, -0.1) is 16.4 Å². The first-order chi connectivity index (χ1) is 7.72. The molecule has 0 atom stereocenters. The van der Waals surface area contributed by atoms with Gasteiger partial charge in [0.15, 0.2) is 17.0 Å². The second kappa shape index (κ2) is 4.82. The van der Waals surface area contributed by atoms with E-state index in [2.05, 4.69) is 10.3 Å². The lowest BCUT2D eigenvalue weighted by molar-refractivity contribution is 0.0539. The second-order valence-corrected chi connectivity index (χ2v) is 4.29. The van der Waals surface area contributed by atoms with Crippen molar-refractivity contribution in [2.75, 3.05) is 13.9 Å². The highest BCUT2D eigenvalue weighted by Gasteiger charge is 2.13. The summed E-state index contributed by atoms with van der Waals surface area (Å²) in [5.74, 6) is 0. The smallest absolute Gasteiger partial charge is 0.189 e. The molecular formula is C9H10ClN3O2S. The normalized spacial score (nSPS) is 10.7. The number of hydrogen-bond donors (Lipinski definition) is 0. The lowest BCUT2D eigenvalue weighted by Crippen LogP contribution is -1.96. The number of methoxy groups -OCH3 is 1. The Kier molecular flexibility index (Phi) is 3.42. The van der Waals surface area contributed by atoms with Crippen molar-refractivity contribution >= 4 is 22.9 Å². The van der Waals surface area contributed by atoms with Crippen LogP contribution in [0.2, 0.25) is 5.15 Å². The summed E-state index contributed by atoms with van der Waals surface area (Å²) in [4.78, 5) is 0. The molecule has 0 aliphatic heterocycles. The van der Waals surface area contributed by atoms with E-state index in [4.69, 9.17) is 21.1 Å². The van der Waals surface area contributed by atoms with Crippen LogP contribution in [0.1, 0.15) is 0 Å². The Balaban J connectivity index is 2.25. The lowest BCUT2D eigenvalue weighted by atomic mass is 10.2. The molecule has 16 heavy (non-hydrogen) atoms. The highest BCUT2D eigenvalue weighted by Crippen LogP contribution is 2.33. The van der Waals surface area contributed by atoms with Gasteiger partial charge in [-0.25, -0.2) is 4.68 Å². The average molecular weight is 260 g/mol. The molecule has 0 fully saturated rings. The summed E-state index contributed by atoms with van der Waals surface area (Å²) >= 11 is 7.41. The second-order valence-electron chi connectivity index (χ2n) is 3.06. The zero-order chi connectivity index (χ0) is 11.5. The molecular weight excluding hydrogens is 250 g/mol. The molecule has 7 heteroatoms. The quantitative estimate of drug-likeness (QED) is 0.790. The van der Waals surface area contributed by atoms with Crippen molar-refractivity contribution in [3.63, 3.8) is 0 Å². The van der Waals surface area contributed by atoms with Gasteiger partial charge in [0.25, 0.3) is 0 Å². The summed E-state index contributed by atoms with van der Waals surface area (Å²) in [6.45, 7) is 0.233. The fourth-order valence-corrected chi connectivity index (χ4v) is 2.27. The number of aromatic nitrogens is 3. The highest BCUT2D eigenvalue weighted by molar-refractivity contribution is 7.12. The summed E-state index contributed by atoms with van der Waals surface area (Å²) in [6.07, 6.45) is 0. The van der Waals surface area contributed by atoms with Crippen molar-refractivity contribution in [3.8, 4) is 16.3 Å². The van der Waals surface area contributed by atoms with E-state index in [0.717, 1.165) is 16.3 Å². The molecule has 0 bridgehead atoms. The van der Waals surface area contributed by atoms with Crippen LogP contribution in [0.15, 0.2) is 11.4 Å². The Morgan fingerprint density at radius 3 is 3.00 bits per heavy atom. The number of halogens is 1. The van der Waals surface area contributed by atoms with Crippen LogP contribution in [0.4, 0.5) is 0 Å². The van der Waals surface area contributed by atoms with Crippen molar-refractivity contribution in [1.82, 2.24) is 15.0 Å². The van der Waals surface area contributed by atoms with Crippen molar-refractivity contribution in [1.29, 1.82) is 0 Å². The van der Waals surface area contributed by atoms with Crippen molar-refractivity contribution in [3.05, 3.63) is 16.6 Å². The van der Waals surface area contributed by atoms with Gasteiger partial charge in [-0.2, -0.15) is 0 Å². The number of aryl methyl sites for hydroxylation is 1. The Labute approximate surface area is 102 Å². The van der Waals surface area contributed by atoms with Crippen LogP contribution < -0.4 is 4.74 Å². The van der Waals surface area contributed by atoms with Crippen molar-refractivity contribution in [2.24, 2.45) is 7.05 Å². The van der Waals surface area contributed by atoms with Gasteiger partial charge in [0.2, 0.25) is 0 Å². The van der Waals surface area contributed by atoms with Crippen LogP contribution in [-0.4, -0.2) is 28.9 Å². The minimum absolute atomic E-state index is 0.233. The van der Waals surface area contributed by atoms with Gasteiger partial charge in [0, 0.05) is 31.2 Å². The predicted molar refractivity (Wildman–Crippen MR) is 61.8 cm³/mol. The topological polar surface area (TPSA) is 49.2 Å². The van der Waals surface area contributed by atoms with Gasteiger partial charge in [-0.3, -0.25) is 0 Å². The number of nitrogens with zero attached hydrogens (tertiary/aromatic N) is 3. The highest BCUT2D eigenvalue weighted by atomic mass is 35.5. The van der Waals surface area contributed by atoms with E-state index < -0.39 is 0 Å². The maximum absolute atomic E-state index is 5.94. The third kappa shape index (κ3) is 2.18. The van der Waals surface area contributed by atoms with E-state index in [9.17, 15) is 0 Å². The van der Waals surface area contributed by atoms with Crippen LogP contribution in [0.25, 0.3) is 11.3 Å². The zero-order valence-electron chi connectivity index (χ0n) is 8.81. The molecule has 0 N–H and O–H groups in total. The summed E-state index contributed by atoms with van der Waals surface area (Å²) in [5.41, 5.74) is 1.72. The zero-order valence-corrected chi connectivity index (χ0v) is 10.4. The maximum Gasteiger partial charge on any atom is 0.189 e. The van der Waals surface area contributed by atoms with Gasteiger partial charge in [-0.05, 0) is 0 Å². The molecule has 2 heterocycles. The Morgan fingerprint density at radius 2 is 2.38 bits per heavy atom. The summed E-state index contributed by atoms with van der Waals surface area (Å²) < 4.78 is 11.8. The van der Waals surface area contributed by atoms with Gasteiger partial charge in [-0.1, -0.05) is 16.8 Å². The van der Waals surface area contributed by atoms with Gasteiger partial charge in [0.1, 0.15) is 5.69 Å². The maximum atomic E-state index is 5.94. The fraction of sp³-hybridized carbons (Fsp3) is 0.333. The first kappa shape index (κ1) is 11.4. The fourth-order valence-electron chi connectivity index (χ4n) is 1.27. The number of rotatable bonds is 4. The standard InChI is InChI=1S/C9H10ClN3O2S/c1-13-8(9(10)11-12-13)6-3-7(16-4-6)15-5-14-2/h3-4H,5H2,1-2H3. The van der Waals surface area contributed by atoms with Crippen LogP contribution in [0.5, 0.6) is 5.06 Å². The summed E-state index contributed by atoms with van der Waals surface area (Å²) in [5, 5.41) is 10.7. The van der Waals surface area contributed by atoms with Crippen LogP contribution in [0, 0.1) is 0 Å². The minimum atomic E-state index is 0.233. The molecule has 2 rings (SSSR count).